The van der Waals surface area contributed by atoms with Crippen molar-refractivity contribution < 1.29 is 14.3 Å². The number of pyridine rings is 1. The highest BCUT2D eigenvalue weighted by molar-refractivity contribution is 6.05. The summed E-state index contributed by atoms with van der Waals surface area (Å²) in [6.07, 6.45) is 1.72. The Morgan fingerprint density at radius 3 is 2.50 bits per heavy atom. The summed E-state index contributed by atoms with van der Waals surface area (Å²) < 4.78 is 11.3. The van der Waals surface area contributed by atoms with Gasteiger partial charge in [-0.15, -0.1) is 0 Å². The van der Waals surface area contributed by atoms with Crippen molar-refractivity contribution >= 4 is 16.8 Å². The Balaban J connectivity index is 1.39. The lowest BCUT2D eigenvalue weighted by Gasteiger charge is -2.24. The van der Waals surface area contributed by atoms with E-state index in [1.807, 2.05) is 77.7 Å². The third kappa shape index (κ3) is 4.27. The normalized spacial score (nSPS) is 12.0. The van der Waals surface area contributed by atoms with E-state index in [0.29, 0.717) is 35.7 Å². The monoisotopic (exact) mass is 472 g/mol. The first-order chi connectivity index (χ1) is 17.8. The molecule has 36 heavy (non-hydrogen) atoms. The van der Waals surface area contributed by atoms with Crippen LogP contribution in [0.25, 0.3) is 22.0 Å². The van der Waals surface area contributed by atoms with Gasteiger partial charge in [-0.3, -0.25) is 9.78 Å². The third-order valence-corrected chi connectivity index (χ3v) is 6.40. The summed E-state index contributed by atoms with van der Waals surface area (Å²) in [5.74, 6) is 1.32. The van der Waals surface area contributed by atoms with Crippen LogP contribution in [0.1, 0.15) is 21.5 Å². The van der Waals surface area contributed by atoms with E-state index in [1.165, 1.54) is 0 Å². The topological polar surface area (TPSA) is 51.7 Å². The number of nitrogens with zero attached hydrogens (tertiary/aromatic N) is 2. The molecule has 0 saturated heterocycles. The van der Waals surface area contributed by atoms with Gasteiger partial charge in [-0.05, 0) is 41.0 Å². The number of rotatable bonds is 6. The largest absolute Gasteiger partial charge is 0.454 e. The lowest BCUT2D eigenvalue weighted by molar-refractivity contribution is 0.0730. The summed E-state index contributed by atoms with van der Waals surface area (Å²) in [6, 6.07) is 34.0. The fourth-order valence-electron chi connectivity index (χ4n) is 4.67. The molecule has 1 amide bonds. The maximum Gasteiger partial charge on any atom is 0.256 e. The van der Waals surface area contributed by atoms with Crippen LogP contribution in [0, 0.1) is 0 Å². The fraction of sp³-hybridized carbons (Fsp3) is 0.0968. The molecule has 176 valence electrons. The van der Waals surface area contributed by atoms with Gasteiger partial charge in [-0.1, -0.05) is 78.9 Å². The van der Waals surface area contributed by atoms with Crippen molar-refractivity contribution in [1.29, 1.82) is 0 Å². The van der Waals surface area contributed by atoms with Crippen LogP contribution in [0.2, 0.25) is 0 Å². The first-order valence-electron chi connectivity index (χ1n) is 11.9. The molecule has 0 N–H and O–H groups in total. The lowest BCUT2D eigenvalue weighted by Crippen LogP contribution is -2.30. The first-order valence-corrected chi connectivity index (χ1v) is 11.9. The van der Waals surface area contributed by atoms with Gasteiger partial charge in [0.25, 0.3) is 5.91 Å². The molecule has 0 fully saturated rings. The maximum atomic E-state index is 14.0. The smallest absolute Gasteiger partial charge is 0.256 e. The lowest BCUT2D eigenvalue weighted by atomic mass is 10.0. The minimum absolute atomic E-state index is 0.0825. The highest BCUT2D eigenvalue weighted by atomic mass is 16.7. The van der Waals surface area contributed by atoms with E-state index in [9.17, 15) is 4.79 Å². The molecule has 1 aromatic heterocycles. The average Bonchev–Trinajstić information content (AvgIpc) is 3.43. The zero-order valence-corrected chi connectivity index (χ0v) is 19.6. The van der Waals surface area contributed by atoms with Gasteiger partial charge in [0, 0.05) is 23.7 Å². The number of carbonyl (C=O) groups is 1. The molecule has 0 unspecified atom stereocenters. The van der Waals surface area contributed by atoms with E-state index in [2.05, 4.69) is 35.3 Å². The Bertz CT molecular complexity index is 1540. The van der Waals surface area contributed by atoms with Gasteiger partial charge in [-0.2, -0.15) is 0 Å². The second-order valence-electron chi connectivity index (χ2n) is 8.76. The van der Waals surface area contributed by atoms with Gasteiger partial charge in [0.1, 0.15) is 0 Å². The summed E-state index contributed by atoms with van der Waals surface area (Å²) in [7, 11) is 0. The van der Waals surface area contributed by atoms with E-state index in [4.69, 9.17) is 9.47 Å². The van der Waals surface area contributed by atoms with Crippen LogP contribution in [0.5, 0.6) is 11.5 Å². The molecule has 0 aliphatic carbocycles. The minimum atomic E-state index is -0.0825. The SMILES string of the molecule is O=C(c1cccc2cccnc12)N(Cc1cccc(-c2ccccc2)c1)Cc1cccc2c1OCO2. The second-order valence-corrected chi connectivity index (χ2v) is 8.76. The molecule has 4 aromatic carbocycles. The molecule has 1 aliphatic rings. The molecule has 6 rings (SSSR count). The molecule has 1 aliphatic heterocycles. The van der Waals surface area contributed by atoms with E-state index >= 15 is 0 Å². The molecule has 2 heterocycles. The molecule has 5 heteroatoms. The van der Waals surface area contributed by atoms with Crippen molar-refractivity contribution in [3.63, 3.8) is 0 Å². The Hall–Kier alpha value is -4.64. The maximum absolute atomic E-state index is 14.0. The molecular weight excluding hydrogens is 448 g/mol. The molecule has 0 atom stereocenters. The highest BCUT2D eigenvalue weighted by Crippen LogP contribution is 2.36. The molecular formula is C31H24N2O3. The summed E-state index contributed by atoms with van der Waals surface area (Å²) >= 11 is 0. The Morgan fingerprint density at radius 2 is 1.58 bits per heavy atom. The van der Waals surface area contributed by atoms with Crippen LogP contribution >= 0.6 is 0 Å². The van der Waals surface area contributed by atoms with Crippen LogP contribution in [0.3, 0.4) is 0 Å². The third-order valence-electron chi connectivity index (χ3n) is 6.40. The van der Waals surface area contributed by atoms with E-state index in [0.717, 1.165) is 27.6 Å². The fourth-order valence-corrected chi connectivity index (χ4v) is 4.67. The van der Waals surface area contributed by atoms with Crippen LogP contribution in [-0.4, -0.2) is 22.6 Å². The number of fused-ring (bicyclic) bond motifs is 2. The molecule has 5 aromatic rings. The van der Waals surface area contributed by atoms with Crippen molar-refractivity contribution in [1.82, 2.24) is 9.88 Å². The average molecular weight is 473 g/mol. The zero-order chi connectivity index (χ0) is 24.3. The minimum Gasteiger partial charge on any atom is -0.454 e. The Morgan fingerprint density at radius 1 is 0.778 bits per heavy atom. The number of aromatic nitrogens is 1. The standard InChI is InChI=1S/C31H24N2O3/c34-31(27-15-5-11-24-14-7-17-32-29(24)27)33(20-26-13-6-16-28-30(26)36-21-35-28)19-22-8-4-12-25(18-22)23-9-2-1-3-10-23/h1-18H,19-21H2. The molecule has 0 radical (unpaired) electrons. The van der Waals surface area contributed by atoms with Crippen LogP contribution < -0.4 is 9.47 Å². The quantitative estimate of drug-likeness (QED) is 0.284. The van der Waals surface area contributed by atoms with E-state index in [-0.39, 0.29) is 12.7 Å². The molecule has 0 saturated carbocycles. The number of hydrogen-bond acceptors (Lipinski definition) is 4. The predicted octanol–water partition coefficient (Wildman–Crippen LogP) is 6.47. The van der Waals surface area contributed by atoms with E-state index in [1.54, 1.807) is 6.20 Å². The van der Waals surface area contributed by atoms with Crippen molar-refractivity contribution in [2.75, 3.05) is 6.79 Å². The number of para-hydroxylation sites is 2. The number of hydrogen-bond donors (Lipinski definition) is 0. The summed E-state index contributed by atoms with van der Waals surface area (Å²) in [5.41, 5.74) is 5.49. The Kier molecular flexibility index (Phi) is 5.80. The molecule has 0 spiro atoms. The van der Waals surface area contributed by atoms with Gasteiger partial charge < -0.3 is 14.4 Å². The van der Waals surface area contributed by atoms with Crippen molar-refractivity contribution in [2.45, 2.75) is 13.1 Å². The van der Waals surface area contributed by atoms with Gasteiger partial charge in [-0.25, -0.2) is 0 Å². The number of amides is 1. The molecule has 5 nitrogen and oxygen atoms in total. The van der Waals surface area contributed by atoms with Gasteiger partial charge >= 0.3 is 0 Å². The second kappa shape index (κ2) is 9.55. The van der Waals surface area contributed by atoms with Crippen LogP contribution in [0.15, 0.2) is 109 Å². The summed E-state index contributed by atoms with van der Waals surface area (Å²) in [4.78, 5) is 20.4. The zero-order valence-electron chi connectivity index (χ0n) is 19.6. The molecule has 0 bridgehead atoms. The van der Waals surface area contributed by atoms with Gasteiger partial charge in [0.05, 0.1) is 17.6 Å². The number of benzene rings is 4. The summed E-state index contributed by atoms with van der Waals surface area (Å²) in [6.45, 7) is 1.00. The van der Waals surface area contributed by atoms with E-state index < -0.39 is 0 Å². The first kappa shape index (κ1) is 21.9. The van der Waals surface area contributed by atoms with Crippen molar-refractivity contribution in [3.8, 4) is 22.6 Å². The van der Waals surface area contributed by atoms with Crippen LogP contribution in [0.4, 0.5) is 0 Å². The van der Waals surface area contributed by atoms with Crippen molar-refractivity contribution in [2.24, 2.45) is 0 Å². The van der Waals surface area contributed by atoms with Gasteiger partial charge in [0.2, 0.25) is 6.79 Å². The van der Waals surface area contributed by atoms with Gasteiger partial charge in [0.15, 0.2) is 11.5 Å². The Labute approximate surface area is 209 Å². The predicted molar refractivity (Wildman–Crippen MR) is 140 cm³/mol. The van der Waals surface area contributed by atoms with Crippen LogP contribution in [-0.2, 0) is 13.1 Å². The number of carbonyl (C=O) groups excluding carboxylic acids is 1. The summed E-state index contributed by atoms with van der Waals surface area (Å²) in [5, 5.41) is 0.937. The number of ether oxygens (including phenoxy) is 2. The van der Waals surface area contributed by atoms with Crippen molar-refractivity contribution in [3.05, 3.63) is 126 Å². The highest BCUT2D eigenvalue weighted by Gasteiger charge is 2.24.